The van der Waals surface area contributed by atoms with Gasteiger partial charge >= 0.3 is 12.1 Å². The molecule has 0 radical (unpaired) electrons. The highest BCUT2D eigenvalue weighted by Crippen LogP contribution is 2.38. The molecule has 35 heavy (non-hydrogen) atoms. The Morgan fingerprint density at radius 1 is 1.11 bits per heavy atom. The Bertz CT molecular complexity index is 1330. The van der Waals surface area contributed by atoms with Gasteiger partial charge in [0.1, 0.15) is 18.0 Å². The van der Waals surface area contributed by atoms with Crippen molar-refractivity contribution in [2.24, 2.45) is 0 Å². The van der Waals surface area contributed by atoms with Crippen molar-refractivity contribution in [2.75, 3.05) is 30.5 Å². The number of hydrogen-bond acceptors (Lipinski definition) is 7. The highest BCUT2D eigenvalue weighted by atomic mass is 35.5. The molecule has 3 aromatic rings. The smallest absolute Gasteiger partial charge is 0.338 e. The van der Waals surface area contributed by atoms with Crippen LogP contribution in [-0.2, 0) is 22.3 Å². The second kappa shape index (κ2) is 9.47. The number of carbonyl (C=O) groups is 1. The van der Waals surface area contributed by atoms with E-state index in [-0.39, 0.29) is 30.5 Å². The summed E-state index contributed by atoms with van der Waals surface area (Å²) in [5.41, 5.74) is 1.74. The van der Waals surface area contributed by atoms with Gasteiger partial charge in [-0.2, -0.15) is 18.2 Å². The first-order chi connectivity index (χ1) is 16.4. The number of rotatable bonds is 5. The topological polar surface area (TPSA) is 100 Å². The van der Waals surface area contributed by atoms with E-state index in [4.69, 9.17) is 11.6 Å². The average Bonchev–Trinajstić information content (AvgIpc) is 2.79. The molecule has 1 amide bonds. The molecule has 4 rings (SSSR count). The number of aromatic nitrogens is 3. The van der Waals surface area contributed by atoms with Crippen molar-refractivity contribution in [2.45, 2.75) is 19.1 Å². The Morgan fingerprint density at radius 3 is 2.57 bits per heavy atom. The first-order valence-corrected chi connectivity index (χ1v) is 13.5. The fourth-order valence-corrected chi connectivity index (χ4v) is 4.94. The van der Waals surface area contributed by atoms with Crippen LogP contribution < -0.4 is 15.9 Å². The fraction of sp³-hybridized carbons (Fsp3) is 0.273. The molecule has 0 fully saturated rings. The van der Waals surface area contributed by atoms with Crippen LogP contribution in [0.4, 0.5) is 36.4 Å². The van der Waals surface area contributed by atoms with Crippen LogP contribution in [0.25, 0.3) is 0 Å². The van der Waals surface area contributed by atoms with Crippen molar-refractivity contribution < 1.29 is 22.5 Å². The van der Waals surface area contributed by atoms with Crippen molar-refractivity contribution in [1.82, 2.24) is 19.9 Å². The normalized spacial score (nSPS) is 13.8. The number of fused-ring (bicyclic) bond motifs is 1. The van der Waals surface area contributed by atoms with Gasteiger partial charge in [0.15, 0.2) is 5.82 Å². The van der Waals surface area contributed by atoms with Crippen LogP contribution in [0.15, 0.2) is 42.6 Å². The Balaban J connectivity index is 1.53. The zero-order valence-electron chi connectivity index (χ0n) is 18.7. The van der Waals surface area contributed by atoms with Crippen LogP contribution >= 0.6 is 18.7 Å². The molecule has 0 saturated carbocycles. The molecule has 0 spiro atoms. The number of nitrogens with zero attached hydrogens (tertiary/aromatic N) is 4. The molecule has 1 aromatic carbocycles. The number of hydrogen-bond donors (Lipinski definition) is 2. The van der Waals surface area contributed by atoms with Gasteiger partial charge in [-0.05, 0) is 37.1 Å². The number of para-hydroxylation sites is 1. The number of alkyl halides is 3. The third-order valence-electron chi connectivity index (χ3n) is 5.30. The Kier molecular flexibility index (Phi) is 6.75. The Labute approximate surface area is 204 Å². The molecule has 0 saturated heterocycles. The maximum absolute atomic E-state index is 12.7. The highest BCUT2D eigenvalue weighted by molar-refractivity contribution is 7.70. The van der Waals surface area contributed by atoms with E-state index in [0.29, 0.717) is 33.9 Å². The summed E-state index contributed by atoms with van der Waals surface area (Å²) in [6.07, 6.45) is -3.32. The number of pyridine rings is 1. The van der Waals surface area contributed by atoms with E-state index in [9.17, 15) is 22.5 Å². The number of halogens is 4. The van der Waals surface area contributed by atoms with Gasteiger partial charge in [-0.15, -0.1) is 0 Å². The summed E-state index contributed by atoms with van der Waals surface area (Å²) >= 11 is 6.27. The maximum atomic E-state index is 12.7. The van der Waals surface area contributed by atoms with Crippen LogP contribution in [0.1, 0.15) is 11.3 Å². The van der Waals surface area contributed by atoms with Gasteiger partial charge in [-0.1, -0.05) is 29.8 Å². The molecule has 13 heteroatoms. The lowest BCUT2D eigenvalue weighted by molar-refractivity contribution is -0.186. The minimum atomic E-state index is -4.91. The minimum Gasteiger partial charge on any atom is -0.338 e. The molecule has 0 aliphatic carbocycles. The zero-order valence-corrected chi connectivity index (χ0v) is 20.4. The molecule has 3 heterocycles. The number of carbonyl (C=O) groups excluding carboxylic acids is 1. The molecule has 184 valence electrons. The lowest BCUT2D eigenvalue weighted by atomic mass is 10.1. The van der Waals surface area contributed by atoms with E-state index < -0.39 is 19.2 Å². The van der Waals surface area contributed by atoms with E-state index in [1.165, 1.54) is 6.20 Å². The first-order valence-electron chi connectivity index (χ1n) is 10.5. The molecular weight excluding hydrogens is 504 g/mol. The lowest BCUT2D eigenvalue weighted by Crippen LogP contribution is -2.43. The fourth-order valence-electron chi connectivity index (χ4n) is 3.64. The zero-order chi connectivity index (χ0) is 25.4. The van der Waals surface area contributed by atoms with Crippen LogP contribution in [0.3, 0.4) is 0 Å². The number of anilines is 4. The molecule has 2 aromatic heterocycles. The third-order valence-corrected chi connectivity index (χ3v) is 7.13. The van der Waals surface area contributed by atoms with Gasteiger partial charge in [0.2, 0.25) is 5.95 Å². The molecule has 0 bridgehead atoms. The maximum Gasteiger partial charge on any atom is 0.471 e. The first kappa shape index (κ1) is 24.9. The van der Waals surface area contributed by atoms with Crippen LogP contribution in [0.2, 0.25) is 5.02 Å². The van der Waals surface area contributed by atoms with Gasteiger partial charge in [0.25, 0.3) is 0 Å². The van der Waals surface area contributed by atoms with Gasteiger partial charge < -0.3 is 20.1 Å². The quantitative estimate of drug-likeness (QED) is 0.466. The van der Waals surface area contributed by atoms with Crippen molar-refractivity contribution in [1.29, 1.82) is 0 Å². The second-order valence-electron chi connectivity index (χ2n) is 8.28. The summed E-state index contributed by atoms with van der Waals surface area (Å²) in [7, 11) is -2.57. The molecule has 1 aliphatic rings. The second-order valence-corrected chi connectivity index (χ2v) is 11.9. The van der Waals surface area contributed by atoms with Crippen LogP contribution in [0, 0.1) is 0 Å². The average molecular weight is 525 g/mol. The van der Waals surface area contributed by atoms with Crippen molar-refractivity contribution in [3.63, 3.8) is 0 Å². The molecule has 0 atom stereocenters. The van der Waals surface area contributed by atoms with Crippen LogP contribution in [-0.4, -0.2) is 51.8 Å². The van der Waals surface area contributed by atoms with Crippen LogP contribution in [0.5, 0.6) is 0 Å². The predicted molar refractivity (Wildman–Crippen MR) is 129 cm³/mol. The Morgan fingerprint density at radius 2 is 1.86 bits per heavy atom. The molecule has 1 aliphatic heterocycles. The molecule has 8 nitrogen and oxygen atoms in total. The highest BCUT2D eigenvalue weighted by Gasteiger charge is 2.43. The number of nitrogens with one attached hydrogen (secondary N) is 2. The Hall–Kier alpha value is -3.17. The van der Waals surface area contributed by atoms with Crippen molar-refractivity contribution in [3.8, 4) is 0 Å². The van der Waals surface area contributed by atoms with Crippen molar-refractivity contribution in [3.05, 3.63) is 58.9 Å². The van der Waals surface area contributed by atoms with E-state index in [2.05, 4.69) is 25.6 Å². The van der Waals surface area contributed by atoms with Crippen molar-refractivity contribution >= 4 is 53.2 Å². The molecule has 0 unspecified atom stereocenters. The third kappa shape index (κ3) is 5.74. The lowest BCUT2D eigenvalue weighted by Gasteiger charge is -2.29. The van der Waals surface area contributed by atoms with E-state index in [1.807, 2.05) is 0 Å². The van der Waals surface area contributed by atoms with Gasteiger partial charge in [-0.25, -0.2) is 9.97 Å². The monoisotopic (exact) mass is 524 g/mol. The van der Waals surface area contributed by atoms with E-state index in [1.54, 1.807) is 49.7 Å². The summed E-state index contributed by atoms with van der Waals surface area (Å²) in [5.74, 6) is -0.990. The minimum absolute atomic E-state index is 0.0779. The number of amides is 1. The summed E-state index contributed by atoms with van der Waals surface area (Å²) in [4.78, 5) is 25.3. The predicted octanol–water partition coefficient (Wildman–Crippen LogP) is 4.71. The summed E-state index contributed by atoms with van der Waals surface area (Å²) in [6.45, 7) is 3.10. The largest absolute Gasteiger partial charge is 0.471 e. The summed E-state index contributed by atoms with van der Waals surface area (Å²) in [5, 5.41) is 6.97. The standard InChI is InChI=1S/C22H21ClF3N6O2P/c1-35(2,34)17-6-4-3-5-16(17)29-19-14(23)11-27-21(31-19)30-18-8-7-13-12-32(10-9-15(13)28-18)20(33)22(24,25)26/h3-8,11H,9-10,12H2,1-2H3,(H2,27,28,29,30,31). The molecular formula is C22H21ClF3N6O2P. The van der Waals surface area contributed by atoms with E-state index in [0.717, 1.165) is 4.90 Å². The summed E-state index contributed by atoms with van der Waals surface area (Å²) < 4.78 is 50.8. The molecule has 2 N–H and O–H groups in total. The van der Waals surface area contributed by atoms with Gasteiger partial charge in [0.05, 0.1) is 11.9 Å². The summed E-state index contributed by atoms with van der Waals surface area (Å²) in [6, 6.07) is 10.3. The van der Waals surface area contributed by atoms with E-state index >= 15 is 0 Å². The van der Waals surface area contributed by atoms with Gasteiger partial charge in [-0.3, -0.25) is 4.79 Å². The SMILES string of the molecule is CP(C)(=O)c1ccccc1Nc1nc(Nc2ccc3c(n2)CCN(C(=O)C(F)(F)F)C3)ncc1Cl. The van der Waals surface area contributed by atoms with Gasteiger partial charge in [0, 0.05) is 30.5 Å². The number of benzene rings is 1.